The first kappa shape index (κ1) is 11.2. The molecule has 0 radical (unpaired) electrons. The van der Waals surface area contributed by atoms with Gasteiger partial charge >= 0.3 is 0 Å². The van der Waals surface area contributed by atoms with Crippen molar-refractivity contribution in [2.45, 2.75) is 51.4 Å². The summed E-state index contributed by atoms with van der Waals surface area (Å²) < 4.78 is 12.3. The summed E-state index contributed by atoms with van der Waals surface area (Å²) in [6.45, 7) is 0. The van der Waals surface area contributed by atoms with Gasteiger partial charge in [-0.15, -0.1) is 0 Å². The van der Waals surface area contributed by atoms with Crippen LogP contribution in [0.1, 0.15) is 51.4 Å². The minimum atomic E-state index is -3.12. The molecule has 0 fully saturated rings. The number of hydrogen-bond acceptors (Lipinski definition) is 1. The first-order valence-electron chi connectivity index (χ1n) is 5.93. The summed E-state index contributed by atoms with van der Waals surface area (Å²) in [6.07, 6.45) is 12.1. The van der Waals surface area contributed by atoms with Crippen LogP contribution in [0.4, 0.5) is 0 Å². The van der Waals surface area contributed by atoms with Crippen LogP contribution in [0, 0.1) is 0 Å². The zero-order chi connectivity index (χ0) is 10.7. The summed E-state index contributed by atoms with van der Waals surface area (Å²) >= 11 is 0. The van der Waals surface area contributed by atoms with Crippen LogP contribution in [-0.4, -0.2) is 4.89 Å². The van der Waals surface area contributed by atoms with Gasteiger partial charge in [0.05, 0.1) is 0 Å². The highest BCUT2D eigenvalue weighted by Crippen LogP contribution is 2.61. The average molecular weight is 226 g/mol. The first-order valence-corrected chi connectivity index (χ1v) is 7.59. The van der Waals surface area contributed by atoms with Crippen molar-refractivity contribution in [3.63, 3.8) is 0 Å². The second kappa shape index (κ2) is 4.67. The third-order valence-corrected chi connectivity index (χ3v) is 5.68. The second-order valence-electron chi connectivity index (χ2n) is 4.46. The van der Waals surface area contributed by atoms with E-state index in [-0.39, 0.29) is 0 Å². The molecule has 0 unspecified atom stereocenters. The highest BCUT2D eigenvalue weighted by molar-refractivity contribution is 7.66. The second-order valence-corrected chi connectivity index (χ2v) is 6.76. The molecule has 0 atom stereocenters. The normalized spacial score (nSPS) is 23.3. The van der Waals surface area contributed by atoms with Crippen LogP contribution < -0.4 is 0 Å². The smallest absolute Gasteiger partial charge is 0.250 e. The molecule has 2 nitrogen and oxygen atoms in total. The van der Waals surface area contributed by atoms with Crippen LogP contribution >= 0.6 is 7.37 Å². The Labute approximate surface area is 91.5 Å². The molecule has 0 heterocycles. The van der Waals surface area contributed by atoms with Crippen LogP contribution in [0.3, 0.4) is 0 Å². The molecule has 0 bridgehead atoms. The van der Waals surface area contributed by atoms with Crippen LogP contribution in [0.5, 0.6) is 0 Å². The first-order chi connectivity index (χ1) is 7.21. The van der Waals surface area contributed by atoms with Crippen molar-refractivity contribution >= 4 is 7.37 Å². The third-order valence-electron chi connectivity index (χ3n) is 3.31. The molecule has 0 aromatic heterocycles. The Morgan fingerprint density at radius 2 is 1.40 bits per heavy atom. The van der Waals surface area contributed by atoms with E-state index in [1.165, 1.54) is 12.8 Å². The van der Waals surface area contributed by atoms with E-state index in [0.29, 0.717) is 0 Å². The Kier molecular flexibility index (Phi) is 3.48. The van der Waals surface area contributed by atoms with Crippen molar-refractivity contribution in [2.75, 3.05) is 0 Å². The van der Waals surface area contributed by atoms with Crippen LogP contribution in [0.2, 0.25) is 0 Å². The average Bonchev–Trinajstić information content (AvgIpc) is 2.31. The van der Waals surface area contributed by atoms with Crippen LogP contribution in [-0.2, 0) is 4.57 Å². The Balaban J connectivity index is 2.21. The van der Waals surface area contributed by atoms with Crippen molar-refractivity contribution in [3.8, 4) is 0 Å². The molecule has 0 aromatic carbocycles. The third kappa shape index (κ3) is 2.43. The minimum Gasteiger partial charge on any atom is -0.338 e. The van der Waals surface area contributed by atoms with Crippen LogP contribution in [0.15, 0.2) is 22.8 Å². The highest BCUT2D eigenvalue weighted by atomic mass is 31.2. The zero-order valence-corrected chi connectivity index (χ0v) is 10.0. The fraction of sp³-hybridized carbons (Fsp3) is 0.667. The monoisotopic (exact) mass is 226 g/mol. The van der Waals surface area contributed by atoms with E-state index < -0.39 is 7.37 Å². The molecule has 0 saturated heterocycles. The maximum Gasteiger partial charge on any atom is 0.250 e. The Hall–Kier alpha value is -0.330. The molecular formula is C12H19O2P. The van der Waals surface area contributed by atoms with Gasteiger partial charge in [0.15, 0.2) is 0 Å². The number of hydrogen-bond donors (Lipinski definition) is 1. The quantitative estimate of drug-likeness (QED) is 0.717. The topological polar surface area (TPSA) is 37.3 Å². The molecule has 0 aliphatic heterocycles. The van der Waals surface area contributed by atoms with E-state index in [1.807, 2.05) is 12.2 Å². The van der Waals surface area contributed by atoms with Gasteiger partial charge in [-0.3, -0.25) is 4.57 Å². The molecule has 0 amide bonds. The fourth-order valence-electron chi connectivity index (χ4n) is 2.38. The van der Waals surface area contributed by atoms with Crippen molar-refractivity contribution in [1.82, 2.24) is 0 Å². The summed E-state index contributed by atoms with van der Waals surface area (Å²) in [7, 11) is -3.12. The predicted molar refractivity (Wildman–Crippen MR) is 62.9 cm³/mol. The summed E-state index contributed by atoms with van der Waals surface area (Å²) in [5.74, 6) is 0. The zero-order valence-electron chi connectivity index (χ0n) is 9.11. The summed E-state index contributed by atoms with van der Waals surface area (Å²) in [6, 6.07) is 0. The Morgan fingerprint density at radius 3 is 1.73 bits per heavy atom. The van der Waals surface area contributed by atoms with E-state index in [2.05, 4.69) is 0 Å². The van der Waals surface area contributed by atoms with E-state index in [4.69, 9.17) is 0 Å². The lowest BCUT2D eigenvalue weighted by molar-refractivity contribution is 0.484. The van der Waals surface area contributed by atoms with E-state index in [1.54, 1.807) is 0 Å². The van der Waals surface area contributed by atoms with Crippen molar-refractivity contribution < 1.29 is 9.46 Å². The molecule has 2 aliphatic rings. The van der Waals surface area contributed by atoms with Gasteiger partial charge in [-0.05, 0) is 51.4 Å². The van der Waals surface area contributed by atoms with Gasteiger partial charge in [0.25, 0.3) is 0 Å². The van der Waals surface area contributed by atoms with Gasteiger partial charge in [0.1, 0.15) is 0 Å². The van der Waals surface area contributed by atoms with Gasteiger partial charge in [0.2, 0.25) is 7.37 Å². The lowest BCUT2D eigenvalue weighted by Crippen LogP contribution is -1.99. The Morgan fingerprint density at radius 1 is 0.933 bits per heavy atom. The van der Waals surface area contributed by atoms with Gasteiger partial charge < -0.3 is 4.89 Å². The molecular weight excluding hydrogens is 207 g/mol. The molecule has 0 spiro atoms. The molecule has 2 aliphatic carbocycles. The van der Waals surface area contributed by atoms with E-state index in [0.717, 1.165) is 49.2 Å². The molecule has 0 saturated carbocycles. The van der Waals surface area contributed by atoms with E-state index in [9.17, 15) is 9.46 Å². The van der Waals surface area contributed by atoms with Crippen molar-refractivity contribution in [2.24, 2.45) is 0 Å². The largest absolute Gasteiger partial charge is 0.338 e. The highest BCUT2D eigenvalue weighted by Gasteiger charge is 2.30. The van der Waals surface area contributed by atoms with Gasteiger partial charge in [0, 0.05) is 10.6 Å². The molecule has 15 heavy (non-hydrogen) atoms. The molecule has 1 N–H and O–H groups in total. The molecule has 84 valence electrons. The SMILES string of the molecule is O=P(O)(C1=CCCCC1)C1=CCCCC1. The lowest BCUT2D eigenvalue weighted by atomic mass is 10.1. The summed E-state index contributed by atoms with van der Waals surface area (Å²) in [5, 5.41) is 1.64. The Bertz CT molecular complexity index is 312. The van der Waals surface area contributed by atoms with Crippen molar-refractivity contribution in [1.29, 1.82) is 0 Å². The standard InChI is InChI=1S/C12H19O2P/c13-15(14,11-7-3-1-4-8-11)12-9-5-2-6-10-12/h7,9H,1-6,8,10H2,(H,13,14). The van der Waals surface area contributed by atoms with Gasteiger partial charge in [-0.25, -0.2) is 0 Å². The maximum atomic E-state index is 12.3. The van der Waals surface area contributed by atoms with Gasteiger partial charge in [-0.1, -0.05) is 12.2 Å². The van der Waals surface area contributed by atoms with Crippen molar-refractivity contribution in [3.05, 3.63) is 22.8 Å². The molecule has 3 heteroatoms. The summed E-state index contributed by atoms with van der Waals surface area (Å²) in [4.78, 5) is 10.2. The van der Waals surface area contributed by atoms with Crippen LogP contribution in [0.25, 0.3) is 0 Å². The molecule has 2 rings (SSSR count). The fourth-order valence-corrected chi connectivity index (χ4v) is 4.42. The number of allylic oxidation sites excluding steroid dienone is 4. The summed E-state index contributed by atoms with van der Waals surface area (Å²) in [5.41, 5.74) is 0. The predicted octanol–water partition coefficient (Wildman–Crippen LogP) is 4.17. The lowest BCUT2D eigenvalue weighted by Gasteiger charge is -2.23. The molecule has 0 aromatic rings. The maximum absolute atomic E-state index is 12.3. The van der Waals surface area contributed by atoms with E-state index >= 15 is 0 Å². The minimum absolute atomic E-state index is 0.821. The number of rotatable bonds is 2. The van der Waals surface area contributed by atoms with Gasteiger partial charge in [-0.2, -0.15) is 0 Å².